The molecule has 0 spiro atoms. The first-order chi connectivity index (χ1) is 16.6. The molecule has 2 aromatic rings. The van der Waals surface area contributed by atoms with E-state index < -0.39 is 30.0 Å². The highest BCUT2D eigenvalue weighted by Gasteiger charge is 2.38. The van der Waals surface area contributed by atoms with E-state index in [2.05, 4.69) is 15.3 Å². The van der Waals surface area contributed by atoms with Gasteiger partial charge in [-0.1, -0.05) is 0 Å². The molecule has 17 heteroatoms. The number of nitrogens with zero attached hydrogens (tertiary/aromatic N) is 6. The van der Waals surface area contributed by atoms with Gasteiger partial charge in [-0.3, -0.25) is 9.48 Å². The maximum absolute atomic E-state index is 12.8. The van der Waals surface area contributed by atoms with Crippen LogP contribution in [0.15, 0.2) is 12.3 Å². The van der Waals surface area contributed by atoms with Crippen LogP contribution in [0.25, 0.3) is 0 Å². The summed E-state index contributed by atoms with van der Waals surface area (Å²) in [4.78, 5) is 36.1. The summed E-state index contributed by atoms with van der Waals surface area (Å²) in [6.45, 7) is 3.99. The first-order valence-corrected chi connectivity index (χ1v) is 10.4. The molecule has 1 saturated heterocycles. The molecule has 0 saturated carbocycles. The molecule has 0 radical (unpaired) electrons. The van der Waals surface area contributed by atoms with Crippen molar-refractivity contribution in [3.8, 4) is 0 Å². The molecule has 0 atom stereocenters. The van der Waals surface area contributed by atoms with Gasteiger partial charge in [-0.05, 0) is 32.8 Å². The molecular formula is C19H22F6N6O5. The monoisotopic (exact) mass is 528 g/mol. The van der Waals surface area contributed by atoms with Crippen LogP contribution < -0.4 is 0 Å². The van der Waals surface area contributed by atoms with Crippen molar-refractivity contribution in [2.24, 2.45) is 0 Å². The number of piperidine rings is 1. The van der Waals surface area contributed by atoms with Crippen LogP contribution in [0, 0.1) is 6.92 Å². The highest BCUT2D eigenvalue weighted by molar-refractivity contribution is 5.86. The van der Waals surface area contributed by atoms with Crippen LogP contribution in [0.4, 0.5) is 26.3 Å². The second-order valence-corrected chi connectivity index (χ2v) is 7.51. The predicted molar refractivity (Wildman–Crippen MR) is 106 cm³/mol. The highest BCUT2D eigenvalue weighted by Crippen LogP contribution is 2.28. The van der Waals surface area contributed by atoms with Crippen LogP contribution in [0.2, 0.25) is 0 Å². The quantitative estimate of drug-likeness (QED) is 0.463. The number of hydrogen-bond acceptors (Lipinski definition) is 7. The molecule has 0 bridgehead atoms. The fourth-order valence-electron chi connectivity index (χ4n) is 3.13. The lowest BCUT2D eigenvalue weighted by Crippen LogP contribution is -2.41. The van der Waals surface area contributed by atoms with Crippen molar-refractivity contribution >= 4 is 17.8 Å². The van der Waals surface area contributed by atoms with Crippen molar-refractivity contribution in [1.29, 1.82) is 0 Å². The molecule has 36 heavy (non-hydrogen) atoms. The van der Waals surface area contributed by atoms with Crippen LogP contribution in [0.3, 0.4) is 0 Å². The molecule has 1 amide bonds. The number of hydrogen-bond donors (Lipinski definition) is 1. The van der Waals surface area contributed by atoms with Gasteiger partial charge in [0.05, 0.1) is 18.8 Å². The van der Waals surface area contributed by atoms with E-state index in [1.807, 2.05) is 0 Å². The minimum atomic E-state index is -5.08. The Kier molecular flexibility index (Phi) is 9.04. The Morgan fingerprint density at radius 3 is 2.17 bits per heavy atom. The summed E-state index contributed by atoms with van der Waals surface area (Å²) in [5, 5.41) is 18.8. The number of rotatable bonds is 5. The molecule has 3 heterocycles. The molecular weight excluding hydrogens is 506 g/mol. The summed E-state index contributed by atoms with van der Waals surface area (Å²) in [6, 6.07) is 0.842. The average molecular weight is 528 g/mol. The number of aromatic nitrogens is 5. The number of aryl methyl sites for hydroxylation is 1. The molecule has 1 N–H and O–H groups in total. The second kappa shape index (κ2) is 11.4. The number of alkyl halides is 6. The lowest BCUT2D eigenvalue weighted by atomic mass is 10.1. The summed E-state index contributed by atoms with van der Waals surface area (Å²) in [5.41, 5.74) is -0.614. The number of likely N-dealkylation sites (tertiary alicyclic amines) is 1. The average Bonchev–Trinajstić information content (AvgIpc) is 3.41. The number of esters is 1. The third-order valence-corrected chi connectivity index (χ3v) is 4.94. The Bertz CT molecular complexity index is 1070. The topological polar surface area (TPSA) is 132 Å². The molecule has 0 unspecified atom stereocenters. The van der Waals surface area contributed by atoms with E-state index in [1.165, 1.54) is 17.9 Å². The van der Waals surface area contributed by atoms with Gasteiger partial charge in [-0.25, -0.2) is 9.59 Å². The Hall–Kier alpha value is -3.66. The van der Waals surface area contributed by atoms with Crippen molar-refractivity contribution in [3.63, 3.8) is 0 Å². The lowest BCUT2D eigenvalue weighted by Gasteiger charge is -2.31. The maximum Gasteiger partial charge on any atom is 0.490 e. The van der Waals surface area contributed by atoms with E-state index in [0.29, 0.717) is 25.9 Å². The number of ether oxygens (including phenoxy) is 1. The molecule has 2 aromatic heterocycles. The minimum Gasteiger partial charge on any atom is -0.475 e. The molecule has 1 aliphatic heterocycles. The maximum atomic E-state index is 12.8. The van der Waals surface area contributed by atoms with Gasteiger partial charge in [0.25, 0.3) is 0 Å². The molecule has 0 aliphatic carbocycles. The molecule has 200 valence electrons. The second-order valence-electron chi connectivity index (χ2n) is 7.51. The van der Waals surface area contributed by atoms with Gasteiger partial charge in [0.15, 0.2) is 11.4 Å². The minimum absolute atomic E-state index is 0.0782. The molecule has 0 aromatic carbocycles. The number of aliphatic carboxylic acids is 1. The van der Waals surface area contributed by atoms with Gasteiger partial charge in [0.1, 0.15) is 6.54 Å². The van der Waals surface area contributed by atoms with Crippen molar-refractivity contribution < 1.29 is 50.6 Å². The SMILES string of the molecule is CCOC(=O)c1cnn(C2CCN(C(=O)Cn3nc(C(F)(F)F)cc3C)CC2)n1.O=C(O)C(F)(F)F. The smallest absolute Gasteiger partial charge is 0.475 e. The van der Waals surface area contributed by atoms with Crippen LogP contribution in [0.1, 0.15) is 47.7 Å². The van der Waals surface area contributed by atoms with E-state index >= 15 is 0 Å². The van der Waals surface area contributed by atoms with Crippen molar-refractivity contribution in [1.82, 2.24) is 29.7 Å². The lowest BCUT2D eigenvalue weighted by molar-refractivity contribution is -0.192. The Labute approximate surface area is 199 Å². The summed E-state index contributed by atoms with van der Waals surface area (Å²) < 4.78 is 76.0. The number of amides is 1. The standard InChI is InChI=1S/C17H21F3N6O3.C2HF3O2/c1-3-29-16(28)13-9-21-26(22-13)12-4-6-24(7-5-12)15(27)10-25-11(2)8-14(23-25)17(18,19)20;3-2(4,5)1(6)7/h8-9,12H,3-7,10H2,1-2H3;(H,6,7). The van der Waals surface area contributed by atoms with E-state index in [4.69, 9.17) is 14.6 Å². The first kappa shape index (κ1) is 28.6. The largest absolute Gasteiger partial charge is 0.490 e. The summed E-state index contributed by atoms with van der Waals surface area (Å²) >= 11 is 0. The van der Waals surface area contributed by atoms with Gasteiger partial charge in [-0.15, -0.1) is 5.10 Å². The zero-order valence-electron chi connectivity index (χ0n) is 19.0. The first-order valence-electron chi connectivity index (χ1n) is 10.4. The van der Waals surface area contributed by atoms with Crippen LogP contribution in [-0.2, 0) is 27.0 Å². The van der Waals surface area contributed by atoms with E-state index in [-0.39, 0.29) is 36.5 Å². The van der Waals surface area contributed by atoms with Gasteiger partial charge in [-0.2, -0.15) is 41.3 Å². The third-order valence-electron chi connectivity index (χ3n) is 4.94. The summed E-state index contributed by atoms with van der Waals surface area (Å²) in [7, 11) is 0. The molecule has 1 fully saturated rings. The fourth-order valence-corrected chi connectivity index (χ4v) is 3.13. The number of carboxylic acids is 1. The van der Waals surface area contributed by atoms with Crippen LogP contribution >= 0.6 is 0 Å². The Morgan fingerprint density at radius 2 is 1.69 bits per heavy atom. The fraction of sp³-hybridized carbons (Fsp3) is 0.579. The normalized spacial score (nSPS) is 14.7. The van der Waals surface area contributed by atoms with Crippen molar-refractivity contribution in [2.45, 2.75) is 51.6 Å². The Morgan fingerprint density at radius 1 is 1.11 bits per heavy atom. The zero-order valence-corrected chi connectivity index (χ0v) is 19.0. The van der Waals surface area contributed by atoms with Gasteiger partial charge >= 0.3 is 24.3 Å². The van der Waals surface area contributed by atoms with Gasteiger partial charge in [0, 0.05) is 18.8 Å². The Balaban J connectivity index is 0.000000572. The van der Waals surface area contributed by atoms with Crippen molar-refractivity contribution in [2.75, 3.05) is 19.7 Å². The van der Waals surface area contributed by atoms with E-state index in [1.54, 1.807) is 11.8 Å². The number of halogens is 6. The molecule has 3 rings (SSSR count). The predicted octanol–water partition coefficient (Wildman–Crippen LogP) is 2.48. The van der Waals surface area contributed by atoms with Crippen molar-refractivity contribution in [3.05, 3.63) is 29.3 Å². The highest BCUT2D eigenvalue weighted by atomic mass is 19.4. The number of carbonyl (C=O) groups is 3. The van der Waals surface area contributed by atoms with E-state index in [9.17, 15) is 35.9 Å². The molecule has 1 aliphatic rings. The summed E-state index contributed by atoms with van der Waals surface area (Å²) in [5.74, 6) is -3.60. The summed E-state index contributed by atoms with van der Waals surface area (Å²) in [6.07, 6.45) is -7.16. The van der Waals surface area contributed by atoms with E-state index in [0.717, 1.165) is 10.7 Å². The van der Waals surface area contributed by atoms with Gasteiger partial charge < -0.3 is 14.7 Å². The molecule has 11 nitrogen and oxygen atoms in total. The van der Waals surface area contributed by atoms with Gasteiger partial charge in [0.2, 0.25) is 5.91 Å². The van der Waals surface area contributed by atoms with Crippen LogP contribution in [0.5, 0.6) is 0 Å². The zero-order chi connectivity index (χ0) is 27.3. The van der Waals surface area contributed by atoms with Crippen LogP contribution in [-0.4, -0.2) is 78.5 Å². The number of carbonyl (C=O) groups excluding carboxylic acids is 2. The number of carboxylic acid groups (broad SMARTS) is 1. The third kappa shape index (κ3) is 7.67.